The third kappa shape index (κ3) is 3.99. The van der Waals surface area contributed by atoms with E-state index in [1.54, 1.807) is 6.33 Å². The number of aromatic nitrogens is 2. The number of halogens is 1. The van der Waals surface area contributed by atoms with Gasteiger partial charge >= 0.3 is 0 Å². The summed E-state index contributed by atoms with van der Waals surface area (Å²) in [5.74, 6) is 3.51. The van der Waals surface area contributed by atoms with Gasteiger partial charge in [0.15, 0.2) is 0 Å². The minimum atomic E-state index is -0.280. The zero-order valence-electron chi connectivity index (χ0n) is 18.6. The van der Waals surface area contributed by atoms with Crippen molar-refractivity contribution in [3.05, 3.63) is 51.9 Å². The fraction of sp³-hybridized carbons (Fsp3) is 0.615. The van der Waals surface area contributed by atoms with Gasteiger partial charge in [0.25, 0.3) is 0 Å². The standard InChI is InChI=1S/C26H33BrN4O/c27-21-3-1-2-17(9-21)14-31-5-4-22-23(15-31)29-16-30-25(22)28-13-24(32)26-10-18-6-19(11-26)8-20(7-18)12-26/h1-3,9,16,18-20,24,32H,4-8,10-15H2,(H,28,29,30). The van der Waals surface area contributed by atoms with Crippen LogP contribution in [-0.4, -0.2) is 39.2 Å². The van der Waals surface area contributed by atoms with E-state index in [0.29, 0.717) is 6.54 Å². The Balaban J connectivity index is 1.11. The quantitative estimate of drug-likeness (QED) is 0.601. The van der Waals surface area contributed by atoms with Crippen LogP contribution in [0.25, 0.3) is 0 Å². The molecule has 0 spiro atoms. The molecule has 5 aliphatic rings. The molecular weight excluding hydrogens is 464 g/mol. The van der Waals surface area contributed by atoms with Gasteiger partial charge in [0.2, 0.25) is 0 Å². The minimum absolute atomic E-state index is 0.148. The van der Waals surface area contributed by atoms with Gasteiger partial charge in [-0.05, 0) is 85.8 Å². The molecule has 170 valence electrons. The molecule has 2 aromatic rings. The van der Waals surface area contributed by atoms with Crippen molar-refractivity contribution in [3.8, 4) is 0 Å². The number of nitrogens with one attached hydrogen (secondary N) is 1. The van der Waals surface area contributed by atoms with Crippen molar-refractivity contribution in [2.24, 2.45) is 23.2 Å². The van der Waals surface area contributed by atoms with Gasteiger partial charge in [-0.15, -0.1) is 0 Å². The number of hydrogen-bond donors (Lipinski definition) is 2. The molecule has 1 atom stereocenters. The highest BCUT2D eigenvalue weighted by atomic mass is 79.9. The minimum Gasteiger partial charge on any atom is -0.391 e. The van der Waals surface area contributed by atoms with Crippen LogP contribution in [0.1, 0.15) is 55.3 Å². The average Bonchev–Trinajstić information content (AvgIpc) is 2.76. The summed E-state index contributed by atoms with van der Waals surface area (Å²) in [5, 5.41) is 14.8. The number of nitrogens with zero attached hydrogens (tertiary/aromatic N) is 3. The summed E-state index contributed by atoms with van der Waals surface area (Å²) in [6.07, 6.45) is 10.3. The van der Waals surface area contributed by atoms with Crippen LogP contribution in [0, 0.1) is 23.2 Å². The van der Waals surface area contributed by atoms with Gasteiger partial charge in [-0.3, -0.25) is 4.90 Å². The van der Waals surface area contributed by atoms with Crippen LogP contribution in [0.2, 0.25) is 0 Å². The fourth-order valence-corrected chi connectivity index (χ4v) is 8.03. The summed E-state index contributed by atoms with van der Waals surface area (Å²) >= 11 is 3.57. The molecule has 1 unspecified atom stereocenters. The predicted octanol–water partition coefficient (Wildman–Crippen LogP) is 4.79. The number of fused-ring (bicyclic) bond motifs is 1. The van der Waals surface area contributed by atoms with Crippen molar-refractivity contribution in [3.63, 3.8) is 0 Å². The van der Waals surface area contributed by atoms with Crippen molar-refractivity contribution in [2.45, 2.75) is 64.1 Å². The Kier molecular flexibility index (Phi) is 5.51. The Hall–Kier alpha value is -1.50. The Morgan fingerprint density at radius 1 is 1.12 bits per heavy atom. The van der Waals surface area contributed by atoms with Crippen molar-refractivity contribution >= 4 is 21.7 Å². The summed E-state index contributed by atoms with van der Waals surface area (Å²) < 4.78 is 1.12. The van der Waals surface area contributed by atoms with E-state index >= 15 is 0 Å². The molecule has 32 heavy (non-hydrogen) atoms. The first-order chi connectivity index (χ1) is 15.6. The molecule has 1 aromatic heterocycles. The lowest BCUT2D eigenvalue weighted by Crippen LogP contribution is -2.53. The molecule has 0 amide bonds. The second-order valence-electron chi connectivity index (χ2n) is 10.9. The molecule has 1 aliphatic heterocycles. The molecule has 0 radical (unpaired) electrons. The Morgan fingerprint density at radius 2 is 1.88 bits per heavy atom. The molecule has 0 saturated heterocycles. The van der Waals surface area contributed by atoms with Crippen LogP contribution < -0.4 is 5.32 Å². The first-order valence-corrected chi connectivity index (χ1v) is 13.1. The average molecular weight is 497 g/mol. The number of benzene rings is 1. The Bertz CT molecular complexity index is 960. The van der Waals surface area contributed by atoms with Gasteiger partial charge in [0, 0.05) is 36.2 Å². The maximum atomic E-state index is 11.3. The SMILES string of the molecule is OC(CNc1ncnc2c1CCN(Cc1cccc(Br)c1)C2)C12CC3CC(CC(C3)C1)C2. The van der Waals surface area contributed by atoms with Crippen LogP contribution in [-0.2, 0) is 19.5 Å². The van der Waals surface area contributed by atoms with Gasteiger partial charge in [-0.25, -0.2) is 9.97 Å². The van der Waals surface area contributed by atoms with E-state index in [0.717, 1.165) is 59.8 Å². The van der Waals surface area contributed by atoms with E-state index in [2.05, 4.69) is 60.4 Å². The lowest BCUT2D eigenvalue weighted by atomic mass is 9.48. The highest BCUT2D eigenvalue weighted by Crippen LogP contribution is 2.61. The molecule has 1 aromatic carbocycles. The molecule has 4 bridgehead atoms. The molecular formula is C26H33BrN4O. The van der Waals surface area contributed by atoms with E-state index in [1.165, 1.54) is 49.7 Å². The molecule has 5 nitrogen and oxygen atoms in total. The number of anilines is 1. The number of aliphatic hydroxyl groups is 1. The summed E-state index contributed by atoms with van der Waals surface area (Å²) in [4.78, 5) is 11.6. The summed E-state index contributed by atoms with van der Waals surface area (Å²) in [7, 11) is 0. The largest absolute Gasteiger partial charge is 0.391 e. The number of aliphatic hydroxyl groups excluding tert-OH is 1. The first-order valence-electron chi connectivity index (χ1n) is 12.3. The van der Waals surface area contributed by atoms with Crippen molar-refractivity contribution in [2.75, 3.05) is 18.4 Å². The zero-order valence-corrected chi connectivity index (χ0v) is 20.2. The predicted molar refractivity (Wildman–Crippen MR) is 129 cm³/mol. The molecule has 6 heteroatoms. The highest BCUT2D eigenvalue weighted by molar-refractivity contribution is 9.10. The smallest absolute Gasteiger partial charge is 0.133 e. The summed E-state index contributed by atoms with van der Waals surface area (Å²) in [6, 6.07) is 8.53. The lowest BCUT2D eigenvalue weighted by Gasteiger charge is -2.58. The van der Waals surface area contributed by atoms with Crippen LogP contribution in [0.5, 0.6) is 0 Å². The molecule has 2 N–H and O–H groups in total. The lowest BCUT2D eigenvalue weighted by molar-refractivity contribution is -0.115. The Morgan fingerprint density at radius 3 is 2.59 bits per heavy atom. The zero-order chi connectivity index (χ0) is 21.7. The number of hydrogen-bond acceptors (Lipinski definition) is 5. The molecule has 2 heterocycles. The van der Waals surface area contributed by atoms with Crippen molar-refractivity contribution in [1.82, 2.24) is 14.9 Å². The number of rotatable bonds is 6. The first kappa shape index (κ1) is 21.1. The Labute approximate surface area is 199 Å². The summed E-state index contributed by atoms with van der Waals surface area (Å²) in [5.41, 5.74) is 3.81. The van der Waals surface area contributed by atoms with Gasteiger partial charge in [-0.1, -0.05) is 28.1 Å². The van der Waals surface area contributed by atoms with Crippen LogP contribution >= 0.6 is 15.9 Å². The second-order valence-corrected chi connectivity index (χ2v) is 11.8. The van der Waals surface area contributed by atoms with E-state index in [4.69, 9.17) is 0 Å². The van der Waals surface area contributed by atoms with Crippen molar-refractivity contribution in [1.29, 1.82) is 0 Å². The van der Waals surface area contributed by atoms with Gasteiger partial charge in [0.05, 0.1) is 11.8 Å². The van der Waals surface area contributed by atoms with E-state index < -0.39 is 0 Å². The molecule has 4 fully saturated rings. The topological polar surface area (TPSA) is 61.3 Å². The van der Waals surface area contributed by atoms with Crippen LogP contribution in [0.4, 0.5) is 5.82 Å². The van der Waals surface area contributed by atoms with E-state index in [9.17, 15) is 5.11 Å². The monoisotopic (exact) mass is 496 g/mol. The fourth-order valence-electron chi connectivity index (χ4n) is 7.58. The second kappa shape index (κ2) is 8.37. The van der Waals surface area contributed by atoms with Crippen LogP contribution in [0.3, 0.4) is 0 Å². The highest BCUT2D eigenvalue weighted by Gasteiger charge is 2.53. The third-order valence-corrected chi connectivity index (χ3v) is 9.13. The van der Waals surface area contributed by atoms with Gasteiger partial charge in [0.1, 0.15) is 12.1 Å². The third-order valence-electron chi connectivity index (χ3n) is 8.64. The van der Waals surface area contributed by atoms with Gasteiger partial charge < -0.3 is 10.4 Å². The van der Waals surface area contributed by atoms with E-state index in [-0.39, 0.29) is 11.5 Å². The molecule has 4 saturated carbocycles. The normalized spacial score (nSPS) is 32.0. The maximum Gasteiger partial charge on any atom is 0.133 e. The van der Waals surface area contributed by atoms with Crippen LogP contribution in [0.15, 0.2) is 35.1 Å². The van der Waals surface area contributed by atoms with Gasteiger partial charge in [-0.2, -0.15) is 0 Å². The van der Waals surface area contributed by atoms with E-state index in [1.807, 2.05) is 0 Å². The van der Waals surface area contributed by atoms with Crippen molar-refractivity contribution < 1.29 is 5.11 Å². The molecule has 4 aliphatic carbocycles. The maximum absolute atomic E-state index is 11.3. The molecule has 7 rings (SSSR count). The summed E-state index contributed by atoms with van der Waals surface area (Å²) in [6.45, 7) is 3.38.